The zero-order valence-electron chi connectivity index (χ0n) is 16.1. The van der Waals surface area contributed by atoms with Gasteiger partial charge in [-0.25, -0.2) is 0 Å². The molecule has 1 amide bonds. The molecule has 1 saturated heterocycles. The summed E-state index contributed by atoms with van der Waals surface area (Å²) in [7, 11) is 0. The Kier molecular flexibility index (Phi) is 8.89. The first-order valence-corrected chi connectivity index (χ1v) is 10.3. The normalized spacial score (nSPS) is 17.2. The van der Waals surface area contributed by atoms with E-state index in [9.17, 15) is 4.79 Å². The van der Waals surface area contributed by atoms with E-state index in [0.717, 1.165) is 32.0 Å². The van der Waals surface area contributed by atoms with Crippen LogP contribution in [0.3, 0.4) is 0 Å². The Morgan fingerprint density at radius 1 is 1.44 bits per heavy atom. The van der Waals surface area contributed by atoms with Crippen LogP contribution >= 0.6 is 15.9 Å². The van der Waals surface area contributed by atoms with Crippen molar-refractivity contribution in [2.45, 2.75) is 33.1 Å². The average molecular weight is 438 g/mol. The Bertz CT molecular complexity index is 675. The molecular formula is C20H28BrN3O3. The van der Waals surface area contributed by atoms with Gasteiger partial charge in [-0.15, -0.1) is 0 Å². The fraction of sp³-hybridized carbons (Fsp3) is 0.600. The summed E-state index contributed by atoms with van der Waals surface area (Å²) in [4.78, 5) is 14.5. The van der Waals surface area contributed by atoms with Gasteiger partial charge >= 0.3 is 0 Å². The van der Waals surface area contributed by atoms with Crippen LogP contribution in [0.15, 0.2) is 16.6 Å². The van der Waals surface area contributed by atoms with Crippen molar-refractivity contribution in [3.63, 3.8) is 0 Å². The molecule has 27 heavy (non-hydrogen) atoms. The van der Waals surface area contributed by atoms with Crippen LogP contribution in [0.1, 0.15) is 38.7 Å². The molecule has 0 aliphatic carbocycles. The minimum absolute atomic E-state index is 0.0919. The smallest absolute Gasteiger partial charge is 0.257 e. The molecule has 1 unspecified atom stereocenters. The van der Waals surface area contributed by atoms with Gasteiger partial charge in [-0.05, 0) is 67.2 Å². The van der Waals surface area contributed by atoms with Gasteiger partial charge in [0.25, 0.3) is 5.91 Å². The van der Waals surface area contributed by atoms with Crippen LogP contribution in [-0.4, -0.2) is 50.2 Å². The molecule has 1 aromatic carbocycles. The SMILES string of the molecule is CCOc1cc(C#N)cc(Br)c1OCC(=O)NCCCN1CCCC(C)C1. The van der Waals surface area contributed by atoms with E-state index in [1.54, 1.807) is 12.1 Å². The highest BCUT2D eigenvalue weighted by Gasteiger charge is 2.16. The fourth-order valence-electron chi connectivity index (χ4n) is 3.24. The van der Waals surface area contributed by atoms with Crippen LogP contribution < -0.4 is 14.8 Å². The van der Waals surface area contributed by atoms with Crippen molar-refractivity contribution < 1.29 is 14.3 Å². The number of rotatable bonds is 9. The molecule has 6 nitrogen and oxygen atoms in total. The van der Waals surface area contributed by atoms with Gasteiger partial charge in [0.15, 0.2) is 18.1 Å². The molecule has 1 heterocycles. The van der Waals surface area contributed by atoms with Crippen LogP contribution in [0.5, 0.6) is 11.5 Å². The monoisotopic (exact) mass is 437 g/mol. The van der Waals surface area contributed by atoms with Crippen molar-refractivity contribution in [1.29, 1.82) is 5.26 Å². The Morgan fingerprint density at radius 2 is 2.26 bits per heavy atom. The molecule has 0 spiro atoms. The molecule has 1 N–H and O–H groups in total. The second-order valence-electron chi connectivity index (χ2n) is 6.87. The van der Waals surface area contributed by atoms with Gasteiger partial charge in [-0.2, -0.15) is 5.26 Å². The van der Waals surface area contributed by atoms with Crippen molar-refractivity contribution in [2.24, 2.45) is 5.92 Å². The molecule has 1 aliphatic heterocycles. The number of piperidine rings is 1. The molecule has 2 rings (SSSR count). The summed E-state index contributed by atoms with van der Waals surface area (Å²) in [5, 5.41) is 12.0. The van der Waals surface area contributed by atoms with E-state index in [-0.39, 0.29) is 12.5 Å². The topological polar surface area (TPSA) is 74.6 Å². The number of nitriles is 1. The molecule has 1 aromatic rings. The van der Waals surface area contributed by atoms with E-state index in [1.807, 2.05) is 6.92 Å². The number of hydrogen-bond acceptors (Lipinski definition) is 5. The number of nitrogens with one attached hydrogen (secondary N) is 1. The number of hydrogen-bond donors (Lipinski definition) is 1. The summed E-state index contributed by atoms with van der Waals surface area (Å²) < 4.78 is 11.8. The fourth-order valence-corrected chi connectivity index (χ4v) is 3.80. The van der Waals surface area contributed by atoms with Crippen LogP contribution in [0.4, 0.5) is 0 Å². The second-order valence-corrected chi connectivity index (χ2v) is 7.72. The number of nitrogens with zero attached hydrogens (tertiary/aromatic N) is 2. The maximum absolute atomic E-state index is 12.1. The third-order valence-electron chi connectivity index (χ3n) is 4.50. The van der Waals surface area contributed by atoms with E-state index in [1.165, 1.54) is 12.8 Å². The molecule has 148 valence electrons. The predicted molar refractivity (Wildman–Crippen MR) is 108 cm³/mol. The van der Waals surface area contributed by atoms with Gasteiger partial charge in [0.2, 0.25) is 0 Å². The number of carbonyl (C=O) groups excluding carboxylic acids is 1. The highest BCUT2D eigenvalue weighted by molar-refractivity contribution is 9.10. The summed E-state index contributed by atoms with van der Waals surface area (Å²) in [6.07, 6.45) is 3.52. The van der Waals surface area contributed by atoms with Crippen LogP contribution in [0.2, 0.25) is 0 Å². The minimum atomic E-state index is -0.166. The highest BCUT2D eigenvalue weighted by Crippen LogP contribution is 2.36. The number of halogens is 1. The first-order chi connectivity index (χ1) is 13.0. The Hall–Kier alpha value is -1.78. The van der Waals surface area contributed by atoms with E-state index >= 15 is 0 Å². The average Bonchev–Trinajstić information content (AvgIpc) is 2.64. The van der Waals surface area contributed by atoms with E-state index in [4.69, 9.17) is 14.7 Å². The van der Waals surface area contributed by atoms with Crippen LogP contribution in [0.25, 0.3) is 0 Å². The van der Waals surface area contributed by atoms with Crippen molar-refractivity contribution >= 4 is 21.8 Å². The largest absolute Gasteiger partial charge is 0.490 e. The lowest BCUT2D eigenvalue weighted by Crippen LogP contribution is -2.37. The summed E-state index contributed by atoms with van der Waals surface area (Å²) in [5.74, 6) is 1.50. The van der Waals surface area contributed by atoms with E-state index < -0.39 is 0 Å². The lowest BCUT2D eigenvalue weighted by atomic mass is 10.0. The highest BCUT2D eigenvalue weighted by atomic mass is 79.9. The molecule has 1 fully saturated rings. The van der Waals surface area contributed by atoms with Gasteiger partial charge in [-0.1, -0.05) is 6.92 Å². The van der Waals surface area contributed by atoms with Crippen molar-refractivity contribution in [3.8, 4) is 17.6 Å². The Morgan fingerprint density at radius 3 is 2.96 bits per heavy atom. The molecule has 0 aromatic heterocycles. The van der Waals surface area contributed by atoms with E-state index in [0.29, 0.717) is 34.7 Å². The van der Waals surface area contributed by atoms with E-state index in [2.05, 4.69) is 39.1 Å². The Labute approximate surface area is 169 Å². The van der Waals surface area contributed by atoms with Gasteiger partial charge < -0.3 is 19.7 Å². The lowest BCUT2D eigenvalue weighted by molar-refractivity contribution is -0.123. The summed E-state index contributed by atoms with van der Waals surface area (Å²) in [6, 6.07) is 5.33. The van der Waals surface area contributed by atoms with Gasteiger partial charge in [0.1, 0.15) is 0 Å². The lowest BCUT2D eigenvalue weighted by Gasteiger charge is -2.30. The number of amides is 1. The predicted octanol–water partition coefficient (Wildman–Crippen LogP) is 3.34. The van der Waals surface area contributed by atoms with Crippen molar-refractivity contribution in [2.75, 3.05) is 39.4 Å². The number of likely N-dealkylation sites (tertiary alicyclic amines) is 1. The van der Waals surface area contributed by atoms with Gasteiger partial charge in [-0.3, -0.25) is 4.79 Å². The number of carbonyl (C=O) groups is 1. The second kappa shape index (κ2) is 11.2. The number of ether oxygens (including phenoxy) is 2. The van der Waals surface area contributed by atoms with Gasteiger partial charge in [0.05, 0.1) is 22.7 Å². The maximum atomic E-state index is 12.1. The summed E-state index contributed by atoms with van der Waals surface area (Å²) in [5.41, 5.74) is 0.467. The quantitative estimate of drug-likeness (QED) is 0.599. The first-order valence-electron chi connectivity index (χ1n) is 9.51. The van der Waals surface area contributed by atoms with Crippen LogP contribution in [0, 0.1) is 17.2 Å². The molecule has 0 radical (unpaired) electrons. The standard InChI is InChI=1S/C20H28BrN3O3/c1-3-26-18-11-16(12-22)10-17(21)20(18)27-14-19(25)23-7-5-9-24-8-4-6-15(2)13-24/h10-11,15H,3-9,13-14H2,1-2H3,(H,23,25). The third kappa shape index (κ3) is 7.04. The first kappa shape index (κ1) is 21.5. The summed E-state index contributed by atoms with van der Waals surface area (Å²) >= 11 is 3.38. The van der Waals surface area contributed by atoms with Crippen LogP contribution in [-0.2, 0) is 4.79 Å². The maximum Gasteiger partial charge on any atom is 0.257 e. The molecular weight excluding hydrogens is 410 g/mol. The zero-order chi connectivity index (χ0) is 19.6. The molecule has 1 atom stereocenters. The van der Waals surface area contributed by atoms with Gasteiger partial charge in [0, 0.05) is 19.2 Å². The third-order valence-corrected chi connectivity index (χ3v) is 5.09. The molecule has 0 bridgehead atoms. The summed E-state index contributed by atoms with van der Waals surface area (Å²) in [6.45, 7) is 8.47. The Balaban J connectivity index is 1.76. The minimum Gasteiger partial charge on any atom is -0.490 e. The number of benzene rings is 1. The van der Waals surface area contributed by atoms with Crippen molar-refractivity contribution in [3.05, 3.63) is 22.2 Å². The molecule has 0 saturated carbocycles. The van der Waals surface area contributed by atoms with Crippen molar-refractivity contribution in [1.82, 2.24) is 10.2 Å². The zero-order valence-corrected chi connectivity index (χ0v) is 17.7. The molecule has 1 aliphatic rings. The molecule has 7 heteroatoms.